The molecular formula is C17H13N3O6S. The zero-order valence-corrected chi connectivity index (χ0v) is 15.0. The SMILES string of the molecule is Cc1nnc(S/C(=C\c2ccc(-c3ccc(C)c([N+](=O)[O-])c3)o2)C(=O)O)o1. The fourth-order valence-corrected chi connectivity index (χ4v) is 2.92. The third-order valence-corrected chi connectivity index (χ3v) is 4.36. The summed E-state index contributed by atoms with van der Waals surface area (Å²) in [4.78, 5) is 22.0. The Labute approximate surface area is 156 Å². The van der Waals surface area contributed by atoms with E-state index < -0.39 is 10.9 Å². The van der Waals surface area contributed by atoms with E-state index in [1.54, 1.807) is 38.1 Å². The molecule has 0 amide bonds. The molecule has 0 saturated heterocycles. The van der Waals surface area contributed by atoms with Crippen LogP contribution in [0.15, 0.2) is 49.3 Å². The van der Waals surface area contributed by atoms with Crippen molar-refractivity contribution in [2.75, 3.05) is 0 Å². The quantitative estimate of drug-likeness (QED) is 0.287. The van der Waals surface area contributed by atoms with Crippen LogP contribution < -0.4 is 0 Å². The van der Waals surface area contributed by atoms with Gasteiger partial charge >= 0.3 is 5.97 Å². The number of benzene rings is 1. The summed E-state index contributed by atoms with van der Waals surface area (Å²) in [5.41, 5.74) is 1.04. The van der Waals surface area contributed by atoms with Gasteiger partial charge in [-0.2, -0.15) is 0 Å². The van der Waals surface area contributed by atoms with Gasteiger partial charge in [-0.15, -0.1) is 10.2 Å². The number of furan rings is 1. The largest absolute Gasteiger partial charge is 0.477 e. The molecule has 0 aliphatic carbocycles. The number of nitrogens with zero attached hydrogens (tertiary/aromatic N) is 3. The van der Waals surface area contributed by atoms with Gasteiger partial charge in [0, 0.05) is 30.2 Å². The average Bonchev–Trinajstić information content (AvgIpc) is 3.23. The van der Waals surface area contributed by atoms with E-state index in [0.717, 1.165) is 11.8 Å². The third kappa shape index (κ3) is 4.23. The van der Waals surface area contributed by atoms with E-state index >= 15 is 0 Å². The smallest absolute Gasteiger partial charge is 0.342 e. The Hall–Kier alpha value is -3.40. The number of rotatable bonds is 6. The maximum atomic E-state index is 11.5. The van der Waals surface area contributed by atoms with Gasteiger partial charge in [-0.3, -0.25) is 10.1 Å². The lowest BCUT2D eigenvalue weighted by Gasteiger charge is -2.00. The summed E-state index contributed by atoms with van der Waals surface area (Å²) >= 11 is 0.798. The highest BCUT2D eigenvalue weighted by molar-refractivity contribution is 8.03. The summed E-state index contributed by atoms with van der Waals surface area (Å²) < 4.78 is 10.8. The van der Waals surface area contributed by atoms with Crippen LogP contribution in [0.25, 0.3) is 17.4 Å². The predicted octanol–water partition coefficient (Wildman–Crippen LogP) is 4.07. The van der Waals surface area contributed by atoms with Gasteiger partial charge in [-0.05, 0) is 30.8 Å². The number of nitro benzene ring substituents is 1. The summed E-state index contributed by atoms with van der Waals surface area (Å²) in [6.45, 7) is 3.24. The van der Waals surface area contributed by atoms with Crippen LogP contribution in [-0.2, 0) is 4.79 Å². The van der Waals surface area contributed by atoms with Gasteiger partial charge in [-0.25, -0.2) is 4.79 Å². The lowest BCUT2D eigenvalue weighted by Crippen LogP contribution is -1.96. The molecule has 27 heavy (non-hydrogen) atoms. The maximum absolute atomic E-state index is 11.5. The van der Waals surface area contributed by atoms with E-state index in [-0.39, 0.29) is 21.6 Å². The van der Waals surface area contributed by atoms with Crippen molar-refractivity contribution in [2.45, 2.75) is 19.1 Å². The van der Waals surface area contributed by atoms with E-state index in [0.29, 0.717) is 22.8 Å². The van der Waals surface area contributed by atoms with Crippen molar-refractivity contribution in [3.63, 3.8) is 0 Å². The molecule has 0 saturated carbocycles. The Morgan fingerprint density at radius 3 is 2.63 bits per heavy atom. The highest BCUT2D eigenvalue weighted by Gasteiger charge is 2.17. The molecule has 1 aromatic carbocycles. The number of carboxylic acids is 1. The number of aliphatic carboxylic acids is 1. The first-order valence-electron chi connectivity index (χ1n) is 7.61. The Morgan fingerprint density at radius 1 is 1.22 bits per heavy atom. The molecule has 3 aromatic rings. The molecule has 0 unspecified atom stereocenters. The molecule has 2 aromatic heterocycles. The number of aromatic nitrogens is 2. The lowest BCUT2D eigenvalue weighted by atomic mass is 10.1. The minimum Gasteiger partial charge on any atom is -0.477 e. The molecule has 0 atom stereocenters. The van der Waals surface area contributed by atoms with Crippen LogP contribution in [0.4, 0.5) is 5.69 Å². The average molecular weight is 387 g/mol. The van der Waals surface area contributed by atoms with Gasteiger partial charge in [0.25, 0.3) is 10.9 Å². The van der Waals surface area contributed by atoms with Gasteiger partial charge in [0.05, 0.1) is 4.92 Å². The molecule has 0 bridgehead atoms. The summed E-state index contributed by atoms with van der Waals surface area (Å²) in [5.74, 6) is -0.203. The molecule has 0 aliphatic heterocycles. The summed E-state index contributed by atoms with van der Waals surface area (Å²) in [6, 6.07) is 7.92. The zero-order valence-electron chi connectivity index (χ0n) is 14.2. The van der Waals surface area contributed by atoms with E-state index in [9.17, 15) is 20.0 Å². The molecule has 0 fully saturated rings. The van der Waals surface area contributed by atoms with Gasteiger partial charge in [0.1, 0.15) is 16.4 Å². The second-order valence-corrected chi connectivity index (χ2v) is 6.46. The van der Waals surface area contributed by atoms with Crippen molar-refractivity contribution in [1.29, 1.82) is 0 Å². The second-order valence-electron chi connectivity index (χ2n) is 5.46. The number of nitro groups is 1. The van der Waals surface area contributed by atoms with Crippen molar-refractivity contribution in [1.82, 2.24) is 10.2 Å². The number of aryl methyl sites for hydroxylation is 2. The van der Waals surface area contributed by atoms with Crippen LogP contribution in [0.5, 0.6) is 0 Å². The minimum absolute atomic E-state index is 0.0189. The summed E-state index contributed by atoms with van der Waals surface area (Å²) in [7, 11) is 0. The fraction of sp³-hybridized carbons (Fsp3) is 0.118. The van der Waals surface area contributed by atoms with Gasteiger partial charge in [0.2, 0.25) is 5.89 Å². The number of thioether (sulfide) groups is 1. The molecule has 2 heterocycles. The fourth-order valence-electron chi connectivity index (χ4n) is 2.22. The highest BCUT2D eigenvalue weighted by atomic mass is 32.2. The van der Waals surface area contributed by atoms with Gasteiger partial charge in [-0.1, -0.05) is 12.1 Å². The van der Waals surface area contributed by atoms with Crippen LogP contribution >= 0.6 is 11.8 Å². The van der Waals surface area contributed by atoms with Crippen molar-refractivity contribution in [2.24, 2.45) is 0 Å². The first kappa shape index (κ1) is 18.4. The topological polar surface area (TPSA) is 132 Å². The van der Waals surface area contributed by atoms with Crippen LogP contribution in [0, 0.1) is 24.0 Å². The standard InChI is InChI=1S/C17H13N3O6S/c1-9-3-4-11(7-13(9)20(23)24)14-6-5-12(26-14)8-15(16(21)22)27-17-19-18-10(2)25-17/h3-8H,1-2H3,(H,21,22)/b15-8-. The molecule has 3 rings (SSSR count). The monoisotopic (exact) mass is 387 g/mol. The highest BCUT2D eigenvalue weighted by Crippen LogP contribution is 2.31. The van der Waals surface area contributed by atoms with E-state index in [1.165, 1.54) is 12.1 Å². The van der Waals surface area contributed by atoms with E-state index in [4.69, 9.17) is 8.83 Å². The van der Waals surface area contributed by atoms with Crippen molar-refractivity contribution >= 4 is 29.5 Å². The second kappa shape index (κ2) is 7.46. The summed E-state index contributed by atoms with van der Waals surface area (Å²) in [5, 5.41) is 27.9. The van der Waals surface area contributed by atoms with E-state index in [1.807, 2.05) is 0 Å². The normalized spacial score (nSPS) is 11.6. The molecule has 0 spiro atoms. The Bertz CT molecular complexity index is 1050. The predicted molar refractivity (Wildman–Crippen MR) is 96.0 cm³/mol. The number of carbonyl (C=O) groups is 1. The van der Waals surface area contributed by atoms with Crippen molar-refractivity contribution < 1.29 is 23.7 Å². The molecule has 9 nitrogen and oxygen atoms in total. The minimum atomic E-state index is -1.18. The Balaban J connectivity index is 1.89. The first-order chi connectivity index (χ1) is 12.8. The molecule has 0 radical (unpaired) electrons. The van der Waals surface area contributed by atoms with Gasteiger partial charge < -0.3 is 13.9 Å². The van der Waals surface area contributed by atoms with Crippen molar-refractivity contribution in [3.8, 4) is 11.3 Å². The van der Waals surface area contributed by atoms with E-state index in [2.05, 4.69) is 10.2 Å². The van der Waals surface area contributed by atoms with Crippen LogP contribution in [0.1, 0.15) is 17.2 Å². The van der Waals surface area contributed by atoms with Gasteiger partial charge in [0.15, 0.2) is 0 Å². The van der Waals surface area contributed by atoms with Crippen LogP contribution in [0.3, 0.4) is 0 Å². The van der Waals surface area contributed by atoms with Crippen molar-refractivity contribution in [3.05, 3.63) is 62.6 Å². The maximum Gasteiger partial charge on any atom is 0.342 e. The Kier molecular flexibility index (Phi) is 5.08. The number of carboxylic acid groups (broad SMARTS) is 1. The van der Waals surface area contributed by atoms with Crippen LogP contribution in [-0.4, -0.2) is 26.2 Å². The molecule has 138 valence electrons. The first-order valence-corrected chi connectivity index (χ1v) is 8.43. The van der Waals surface area contributed by atoms with Crippen LogP contribution in [0.2, 0.25) is 0 Å². The number of hydrogen-bond acceptors (Lipinski definition) is 8. The molecule has 0 aliphatic rings. The third-order valence-electron chi connectivity index (χ3n) is 3.51. The molecule has 1 N–H and O–H groups in total. The Morgan fingerprint density at radius 2 is 2.00 bits per heavy atom. The zero-order chi connectivity index (χ0) is 19.6. The lowest BCUT2D eigenvalue weighted by molar-refractivity contribution is -0.385. The number of hydrogen-bond donors (Lipinski definition) is 1. The summed E-state index contributed by atoms with van der Waals surface area (Å²) in [6.07, 6.45) is 1.32. The molecular weight excluding hydrogens is 374 g/mol. The molecule has 10 heteroatoms.